The van der Waals surface area contributed by atoms with Crippen LogP contribution in [0, 0.1) is 0 Å². The number of methoxy groups -OCH3 is 3. The fourth-order valence-corrected chi connectivity index (χ4v) is 1.37. The van der Waals surface area contributed by atoms with Gasteiger partial charge in [-0.15, -0.1) is 0 Å². The van der Waals surface area contributed by atoms with E-state index in [2.05, 4.69) is 0 Å². The van der Waals surface area contributed by atoms with Crippen molar-refractivity contribution in [3.05, 3.63) is 12.1 Å². The highest BCUT2D eigenvalue weighted by Gasteiger charge is 2.14. The quantitative estimate of drug-likeness (QED) is 0.732. The molecule has 0 heterocycles. The van der Waals surface area contributed by atoms with E-state index in [0.29, 0.717) is 36.1 Å². The molecule has 0 aliphatic rings. The zero-order chi connectivity index (χ0) is 12.7. The molecule has 0 spiro atoms. The van der Waals surface area contributed by atoms with E-state index in [0.717, 1.165) is 6.42 Å². The third-order valence-electron chi connectivity index (χ3n) is 2.26. The Morgan fingerprint density at radius 3 is 2.00 bits per heavy atom. The van der Waals surface area contributed by atoms with Crippen molar-refractivity contribution in [2.75, 3.05) is 34.5 Å². The smallest absolute Gasteiger partial charge is 0.203 e. The summed E-state index contributed by atoms with van der Waals surface area (Å²) in [7, 11) is 4.73. The summed E-state index contributed by atoms with van der Waals surface area (Å²) in [5.74, 6) is 2.39. The minimum Gasteiger partial charge on any atom is -0.496 e. The predicted molar refractivity (Wildman–Crippen MR) is 65.3 cm³/mol. The van der Waals surface area contributed by atoms with E-state index in [4.69, 9.17) is 24.7 Å². The molecule has 0 fully saturated rings. The fourth-order valence-electron chi connectivity index (χ4n) is 1.37. The third-order valence-corrected chi connectivity index (χ3v) is 2.26. The summed E-state index contributed by atoms with van der Waals surface area (Å²) in [5.41, 5.74) is 5.42. The second kappa shape index (κ2) is 6.85. The van der Waals surface area contributed by atoms with Crippen LogP contribution in [-0.2, 0) is 0 Å². The summed E-state index contributed by atoms with van der Waals surface area (Å²) in [5, 5.41) is 0. The molecule has 96 valence electrons. The van der Waals surface area contributed by atoms with E-state index in [1.165, 1.54) is 0 Å². The fraction of sp³-hybridized carbons (Fsp3) is 0.500. The Hall–Kier alpha value is -1.62. The number of hydrogen-bond acceptors (Lipinski definition) is 5. The standard InChI is InChI=1S/C12H19NO4/c1-14-9-7-10(15-2)12(11(8-9)16-3)17-6-4-5-13/h7-8H,4-6,13H2,1-3H3. The molecule has 0 aromatic heterocycles. The first-order chi connectivity index (χ1) is 8.26. The summed E-state index contributed by atoms with van der Waals surface area (Å²) >= 11 is 0. The molecule has 0 atom stereocenters. The number of nitrogens with two attached hydrogens (primary N) is 1. The second-order valence-corrected chi connectivity index (χ2v) is 3.35. The topological polar surface area (TPSA) is 62.9 Å². The van der Waals surface area contributed by atoms with E-state index in [-0.39, 0.29) is 0 Å². The van der Waals surface area contributed by atoms with Crippen LogP contribution in [0.2, 0.25) is 0 Å². The van der Waals surface area contributed by atoms with Crippen LogP contribution in [0.4, 0.5) is 0 Å². The summed E-state index contributed by atoms with van der Waals surface area (Å²) in [4.78, 5) is 0. The molecule has 2 N–H and O–H groups in total. The molecule has 0 saturated heterocycles. The van der Waals surface area contributed by atoms with Crippen LogP contribution in [0.25, 0.3) is 0 Å². The minimum absolute atomic E-state index is 0.523. The Bertz CT molecular complexity index is 329. The van der Waals surface area contributed by atoms with Gasteiger partial charge in [-0.3, -0.25) is 0 Å². The van der Waals surface area contributed by atoms with Crippen molar-refractivity contribution in [3.63, 3.8) is 0 Å². The number of ether oxygens (including phenoxy) is 4. The lowest BCUT2D eigenvalue weighted by Crippen LogP contribution is -2.07. The van der Waals surface area contributed by atoms with Gasteiger partial charge in [0.15, 0.2) is 11.5 Å². The molecule has 0 unspecified atom stereocenters. The first-order valence-corrected chi connectivity index (χ1v) is 5.39. The largest absolute Gasteiger partial charge is 0.496 e. The Labute approximate surface area is 101 Å². The van der Waals surface area contributed by atoms with Gasteiger partial charge in [-0.2, -0.15) is 0 Å². The summed E-state index contributed by atoms with van der Waals surface area (Å²) in [6.07, 6.45) is 0.776. The molecular weight excluding hydrogens is 222 g/mol. The summed E-state index contributed by atoms with van der Waals surface area (Å²) in [6.45, 7) is 1.11. The Balaban J connectivity index is 2.98. The first-order valence-electron chi connectivity index (χ1n) is 5.39. The average molecular weight is 241 g/mol. The van der Waals surface area contributed by atoms with Crippen molar-refractivity contribution in [1.29, 1.82) is 0 Å². The van der Waals surface area contributed by atoms with Crippen LogP contribution in [0.1, 0.15) is 6.42 Å². The lowest BCUT2D eigenvalue weighted by molar-refractivity contribution is 0.270. The van der Waals surface area contributed by atoms with Crippen LogP contribution in [0.5, 0.6) is 23.0 Å². The van der Waals surface area contributed by atoms with Gasteiger partial charge in [0.05, 0.1) is 27.9 Å². The highest BCUT2D eigenvalue weighted by atomic mass is 16.5. The number of benzene rings is 1. The molecule has 0 bridgehead atoms. The lowest BCUT2D eigenvalue weighted by atomic mass is 10.2. The molecule has 1 aromatic carbocycles. The summed E-state index contributed by atoms with van der Waals surface area (Å²) < 4.78 is 21.2. The van der Waals surface area contributed by atoms with Gasteiger partial charge in [0.25, 0.3) is 0 Å². The molecule has 17 heavy (non-hydrogen) atoms. The highest BCUT2D eigenvalue weighted by molar-refractivity contribution is 5.55. The Morgan fingerprint density at radius 1 is 1.00 bits per heavy atom. The van der Waals surface area contributed by atoms with Crippen LogP contribution >= 0.6 is 0 Å². The van der Waals surface area contributed by atoms with Crippen LogP contribution in [0.15, 0.2) is 12.1 Å². The van der Waals surface area contributed by atoms with Gasteiger partial charge >= 0.3 is 0 Å². The van der Waals surface area contributed by atoms with Crippen molar-refractivity contribution in [2.24, 2.45) is 5.73 Å². The van der Waals surface area contributed by atoms with Crippen molar-refractivity contribution in [2.45, 2.75) is 6.42 Å². The summed E-state index contributed by atoms with van der Waals surface area (Å²) in [6, 6.07) is 3.50. The number of hydrogen-bond donors (Lipinski definition) is 1. The Morgan fingerprint density at radius 2 is 1.59 bits per heavy atom. The van der Waals surface area contributed by atoms with Gasteiger partial charge in [-0.1, -0.05) is 0 Å². The normalized spacial score (nSPS) is 9.88. The molecule has 0 saturated carbocycles. The molecule has 0 aliphatic heterocycles. The maximum atomic E-state index is 5.60. The molecule has 1 aromatic rings. The van der Waals surface area contributed by atoms with E-state index >= 15 is 0 Å². The van der Waals surface area contributed by atoms with E-state index in [9.17, 15) is 0 Å². The molecule has 5 heteroatoms. The monoisotopic (exact) mass is 241 g/mol. The van der Waals surface area contributed by atoms with Crippen molar-refractivity contribution < 1.29 is 18.9 Å². The number of rotatable bonds is 7. The maximum absolute atomic E-state index is 5.60. The molecule has 5 nitrogen and oxygen atoms in total. The molecule has 1 rings (SSSR count). The average Bonchev–Trinajstić information content (AvgIpc) is 2.38. The van der Waals surface area contributed by atoms with Gasteiger partial charge in [0.2, 0.25) is 5.75 Å². The van der Waals surface area contributed by atoms with Crippen LogP contribution in [0.3, 0.4) is 0 Å². The van der Waals surface area contributed by atoms with E-state index in [1.54, 1.807) is 33.5 Å². The maximum Gasteiger partial charge on any atom is 0.203 e. The zero-order valence-electron chi connectivity index (χ0n) is 10.5. The van der Waals surface area contributed by atoms with Crippen LogP contribution in [-0.4, -0.2) is 34.5 Å². The highest BCUT2D eigenvalue weighted by Crippen LogP contribution is 2.40. The van der Waals surface area contributed by atoms with E-state index in [1.807, 2.05) is 0 Å². The minimum atomic E-state index is 0.523. The van der Waals surface area contributed by atoms with Gasteiger partial charge in [-0.05, 0) is 13.0 Å². The predicted octanol–water partition coefficient (Wildman–Crippen LogP) is 1.44. The molecule has 0 radical (unpaired) electrons. The van der Waals surface area contributed by atoms with Crippen molar-refractivity contribution >= 4 is 0 Å². The van der Waals surface area contributed by atoms with E-state index < -0.39 is 0 Å². The first kappa shape index (κ1) is 13.4. The zero-order valence-corrected chi connectivity index (χ0v) is 10.5. The van der Waals surface area contributed by atoms with Crippen molar-refractivity contribution in [3.8, 4) is 23.0 Å². The van der Waals surface area contributed by atoms with Crippen LogP contribution < -0.4 is 24.7 Å². The van der Waals surface area contributed by atoms with Gasteiger partial charge in [-0.25, -0.2) is 0 Å². The SMILES string of the molecule is COc1cc(OC)c(OCCCN)c(OC)c1. The van der Waals surface area contributed by atoms with Crippen molar-refractivity contribution in [1.82, 2.24) is 0 Å². The van der Waals surface area contributed by atoms with Gasteiger partial charge in [0, 0.05) is 12.1 Å². The molecule has 0 amide bonds. The molecule has 0 aliphatic carbocycles. The van der Waals surface area contributed by atoms with Gasteiger partial charge in [0.1, 0.15) is 5.75 Å². The second-order valence-electron chi connectivity index (χ2n) is 3.35. The Kier molecular flexibility index (Phi) is 5.42. The third kappa shape index (κ3) is 3.42. The lowest BCUT2D eigenvalue weighted by Gasteiger charge is -2.15. The molecular formula is C12H19NO4. The van der Waals surface area contributed by atoms with Gasteiger partial charge < -0.3 is 24.7 Å².